The van der Waals surface area contributed by atoms with Crippen LogP contribution in [0.3, 0.4) is 0 Å². The summed E-state index contributed by atoms with van der Waals surface area (Å²) >= 11 is 0. The zero-order valence-electron chi connectivity index (χ0n) is 8.17. The van der Waals surface area contributed by atoms with Crippen molar-refractivity contribution in [3.8, 4) is 6.07 Å². The Morgan fingerprint density at radius 3 is 3.08 bits per heavy atom. The Morgan fingerprint density at radius 2 is 2.46 bits per heavy atom. The van der Waals surface area contributed by atoms with E-state index in [-0.39, 0.29) is 18.3 Å². The fourth-order valence-electron chi connectivity index (χ4n) is 1.40. The van der Waals surface area contributed by atoms with Gasteiger partial charge in [0.05, 0.1) is 24.4 Å². The summed E-state index contributed by atoms with van der Waals surface area (Å²) < 4.78 is 10.8. The first-order valence-corrected chi connectivity index (χ1v) is 4.47. The van der Waals surface area contributed by atoms with E-state index in [0.29, 0.717) is 6.61 Å². The van der Waals surface area contributed by atoms with Crippen LogP contribution in [0.2, 0.25) is 0 Å². The summed E-state index contributed by atoms with van der Waals surface area (Å²) in [6.45, 7) is 6.37. The number of nitrogens with zero attached hydrogens (tertiary/aromatic N) is 1. The fourth-order valence-corrected chi connectivity index (χ4v) is 1.40. The van der Waals surface area contributed by atoms with Gasteiger partial charge in [-0.1, -0.05) is 0 Å². The van der Waals surface area contributed by atoms with Crippen molar-refractivity contribution in [3.63, 3.8) is 0 Å². The number of nitriles is 1. The number of rotatable bonds is 3. The van der Waals surface area contributed by atoms with Gasteiger partial charge in [0.25, 0.3) is 0 Å². The Kier molecular flexibility index (Phi) is 3.67. The third-order valence-corrected chi connectivity index (χ3v) is 1.88. The molecule has 74 valence electrons. The lowest BCUT2D eigenvalue weighted by Crippen LogP contribution is -2.51. The molecule has 1 aliphatic rings. The van der Waals surface area contributed by atoms with Crippen molar-refractivity contribution in [2.24, 2.45) is 0 Å². The molecule has 4 nitrogen and oxygen atoms in total. The maximum Gasteiger partial charge on any atom is 0.133 e. The average Bonchev–Trinajstić information content (AvgIpc) is 2.03. The molecule has 13 heavy (non-hydrogen) atoms. The first-order valence-electron chi connectivity index (χ1n) is 4.47. The Bertz CT molecular complexity index is 198. The molecule has 0 spiro atoms. The number of hydrogen-bond acceptors (Lipinski definition) is 4. The molecule has 0 aromatic rings. The van der Waals surface area contributed by atoms with Crippen LogP contribution in [0.5, 0.6) is 0 Å². The van der Waals surface area contributed by atoms with Crippen molar-refractivity contribution in [3.05, 3.63) is 0 Å². The number of ether oxygens (including phenoxy) is 2. The molecule has 0 aromatic carbocycles. The molecule has 0 aromatic heterocycles. The molecule has 1 aliphatic heterocycles. The molecule has 4 heteroatoms. The Hall–Kier alpha value is -0.630. The molecule has 0 saturated carbocycles. The van der Waals surface area contributed by atoms with Crippen LogP contribution >= 0.6 is 0 Å². The maximum atomic E-state index is 8.27. The molecule has 1 unspecified atom stereocenters. The van der Waals surface area contributed by atoms with Crippen LogP contribution in [0, 0.1) is 11.3 Å². The third-order valence-electron chi connectivity index (χ3n) is 1.88. The second-order valence-electron chi connectivity index (χ2n) is 3.80. The molecule has 1 heterocycles. The Labute approximate surface area is 78.8 Å². The number of nitrogens with one attached hydrogen (secondary N) is 1. The van der Waals surface area contributed by atoms with Crippen molar-refractivity contribution < 1.29 is 9.47 Å². The molecule has 0 bridgehead atoms. The summed E-state index contributed by atoms with van der Waals surface area (Å²) in [6, 6.07) is 1.93. The maximum absolute atomic E-state index is 8.27. The molecule has 1 N–H and O–H groups in total. The SMILES string of the molecule is CC1(C)CNCC(COCC#N)O1. The molecule has 0 aliphatic carbocycles. The van der Waals surface area contributed by atoms with Crippen LogP contribution in [-0.4, -0.2) is 38.0 Å². The van der Waals surface area contributed by atoms with Gasteiger partial charge in [0.2, 0.25) is 0 Å². The first kappa shape index (κ1) is 10.5. The van der Waals surface area contributed by atoms with Gasteiger partial charge in [-0.15, -0.1) is 0 Å². The van der Waals surface area contributed by atoms with E-state index in [1.165, 1.54) is 0 Å². The van der Waals surface area contributed by atoms with Crippen LogP contribution < -0.4 is 5.32 Å². The van der Waals surface area contributed by atoms with E-state index in [1.54, 1.807) is 0 Å². The van der Waals surface area contributed by atoms with Crippen LogP contribution in [0.15, 0.2) is 0 Å². The first-order chi connectivity index (χ1) is 6.14. The van der Waals surface area contributed by atoms with Gasteiger partial charge in [-0.25, -0.2) is 0 Å². The van der Waals surface area contributed by atoms with E-state index in [0.717, 1.165) is 13.1 Å². The Balaban J connectivity index is 2.23. The van der Waals surface area contributed by atoms with E-state index >= 15 is 0 Å². The quantitative estimate of drug-likeness (QED) is 0.641. The van der Waals surface area contributed by atoms with E-state index in [2.05, 4.69) is 5.32 Å². The lowest BCUT2D eigenvalue weighted by atomic mass is 10.1. The second kappa shape index (κ2) is 4.56. The summed E-state index contributed by atoms with van der Waals surface area (Å²) in [6.07, 6.45) is 0.0668. The third kappa shape index (κ3) is 3.73. The molecule has 0 radical (unpaired) electrons. The summed E-state index contributed by atoms with van der Waals surface area (Å²) in [4.78, 5) is 0. The van der Waals surface area contributed by atoms with Crippen LogP contribution in [0.25, 0.3) is 0 Å². The highest BCUT2D eigenvalue weighted by atomic mass is 16.5. The van der Waals surface area contributed by atoms with Crippen LogP contribution in [-0.2, 0) is 9.47 Å². The molecule has 1 fully saturated rings. The minimum Gasteiger partial charge on any atom is -0.367 e. The zero-order chi connectivity index (χ0) is 9.73. The predicted octanol–water partition coefficient (Wildman–Crippen LogP) is 0.294. The van der Waals surface area contributed by atoms with Gasteiger partial charge >= 0.3 is 0 Å². The van der Waals surface area contributed by atoms with Gasteiger partial charge in [0.15, 0.2) is 0 Å². The summed E-state index contributed by atoms with van der Waals surface area (Å²) in [7, 11) is 0. The highest BCUT2D eigenvalue weighted by Gasteiger charge is 2.28. The molecule has 1 atom stereocenters. The summed E-state index contributed by atoms with van der Waals surface area (Å²) in [5.41, 5.74) is -0.126. The molecular formula is C9H16N2O2. The number of morpholine rings is 1. The lowest BCUT2D eigenvalue weighted by molar-refractivity contribution is -0.117. The van der Waals surface area contributed by atoms with Gasteiger partial charge < -0.3 is 14.8 Å². The van der Waals surface area contributed by atoms with Crippen molar-refractivity contribution in [2.75, 3.05) is 26.3 Å². The topological polar surface area (TPSA) is 54.3 Å². The minimum absolute atomic E-state index is 0.0668. The molecular weight excluding hydrogens is 168 g/mol. The van der Waals surface area contributed by atoms with E-state index in [4.69, 9.17) is 14.7 Å². The predicted molar refractivity (Wildman–Crippen MR) is 48.3 cm³/mol. The van der Waals surface area contributed by atoms with Gasteiger partial charge in [-0.3, -0.25) is 0 Å². The standard InChI is InChI=1S/C9H16N2O2/c1-9(2)7-11-5-8(13-9)6-12-4-3-10/h8,11H,4-7H2,1-2H3. The molecule has 0 amide bonds. The normalized spacial score (nSPS) is 26.7. The van der Waals surface area contributed by atoms with Crippen LogP contribution in [0.4, 0.5) is 0 Å². The van der Waals surface area contributed by atoms with Crippen LogP contribution in [0.1, 0.15) is 13.8 Å². The van der Waals surface area contributed by atoms with Crippen molar-refractivity contribution in [2.45, 2.75) is 25.6 Å². The monoisotopic (exact) mass is 184 g/mol. The zero-order valence-corrected chi connectivity index (χ0v) is 8.17. The van der Waals surface area contributed by atoms with Gasteiger partial charge in [0, 0.05) is 13.1 Å². The van der Waals surface area contributed by atoms with Gasteiger partial charge in [-0.2, -0.15) is 5.26 Å². The van der Waals surface area contributed by atoms with E-state index in [9.17, 15) is 0 Å². The minimum atomic E-state index is -0.126. The molecule has 1 saturated heterocycles. The van der Waals surface area contributed by atoms with Crippen molar-refractivity contribution in [1.82, 2.24) is 5.32 Å². The second-order valence-corrected chi connectivity index (χ2v) is 3.80. The van der Waals surface area contributed by atoms with Crippen molar-refractivity contribution >= 4 is 0 Å². The van der Waals surface area contributed by atoms with E-state index < -0.39 is 0 Å². The van der Waals surface area contributed by atoms with E-state index in [1.807, 2.05) is 19.9 Å². The highest BCUT2D eigenvalue weighted by molar-refractivity contribution is 4.81. The number of hydrogen-bond donors (Lipinski definition) is 1. The summed E-state index contributed by atoms with van der Waals surface area (Å²) in [5, 5.41) is 11.5. The fraction of sp³-hybridized carbons (Fsp3) is 0.889. The summed E-state index contributed by atoms with van der Waals surface area (Å²) in [5.74, 6) is 0. The highest BCUT2D eigenvalue weighted by Crippen LogP contribution is 2.15. The lowest BCUT2D eigenvalue weighted by Gasteiger charge is -2.36. The Morgan fingerprint density at radius 1 is 1.69 bits per heavy atom. The molecule has 1 rings (SSSR count). The smallest absolute Gasteiger partial charge is 0.133 e. The van der Waals surface area contributed by atoms with Gasteiger partial charge in [-0.05, 0) is 13.8 Å². The van der Waals surface area contributed by atoms with Crippen molar-refractivity contribution in [1.29, 1.82) is 5.26 Å². The largest absolute Gasteiger partial charge is 0.367 e. The average molecular weight is 184 g/mol. The van der Waals surface area contributed by atoms with Gasteiger partial charge in [0.1, 0.15) is 6.61 Å².